The number of methoxy groups -OCH3 is 1. The predicted octanol–water partition coefficient (Wildman–Crippen LogP) is 0.848. The van der Waals surface area contributed by atoms with Crippen molar-refractivity contribution >= 4 is 29.5 Å². The van der Waals surface area contributed by atoms with Gasteiger partial charge in [-0.2, -0.15) is 0 Å². The molecule has 0 N–H and O–H groups in total. The van der Waals surface area contributed by atoms with Crippen LogP contribution < -0.4 is 39.4 Å². The van der Waals surface area contributed by atoms with Gasteiger partial charge in [0.1, 0.15) is 17.1 Å². The molecule has 4 rings (SSSR count). The van der Waals surface area contributed by atoms with E-state index in [0.29, 0.717) is 21.3 Å². The summed E-state index contributed by atoms with van der Waals surface area (Å²) in [6.07, 6.45) is 3.72. The molecular weight excluding hydrogens is 381 g/mol. The first-order chi connectivity index (χ1) is 12.1. The topological polar surface area (TPSA) is 58.5 Å². The molecule has 0 fully saturated rings. The minimum Gasteiger partial charge on any atom is -0.497 e. The van der Waals surface area contributed by atoms with Crippen molar-refractivity contribution in [1.29, 1.82) is 0 Å². The SMILES string of the molecule is COc1ccc(-n2c(-c3cn4ccc(Cl)cc4n3)n[n-]c2=S)c(C)c1.[Na+]. The molecule has 0 aliphatic rings. The van der Waals surface area contributed by atoms with Crippen LogP contribution in [0.4, 0.5) is 0 Å². The van der Waals surface area contributed by atoms with Gasteiger partial charge in [0.2, 0.25) is 0 Å². The first-order valence-electron chi connectivity index (χ1n) is 7.49. The molecule has 0 spiro atoms. The smallest absolute Gasteiger partial charge is 0.497 e. The van der Waals surface area contributed by atoms with Crippen LogP contribution in [0.2, 0.25) is 5.02 Å². The minimum atomic E-state index is 0. The zero-order chi connectivity index (χ0) is 17.6. The molecule has 0 radical (unpaired) electrons. The van der Waals surface area contributed by atoms with E-state index in [1.165, 1.54) is 0 Å². The Morgan fingerprint density at radius 2 is 2.04 bits per heavy atom. The van der Waals surface area contributed by atoms with E-state index in [1.54, 1.807) is 19.2 Å². The Balaban J connectivity index is 0.00000196. The fourth-order valence-electron chi connectivity index (χ4n) is 2.72. The number of hydrogen-bond acceptors (Lipinski definition) is 4. The number of hydrogen-bond donors (Lipinski definition) is 0. The molecule has 26 heavy (non-hydrogen) atoms. The molecule has 0 bridgehead atoms. The standard InChI is InChI=1S/C17H14ClN5OS.Na/c1-10-7-12(24-2)3-4-14(10)23-16(20-21-17(23)25)13-9-22-6-5-11(18)8-15(22)19-13;/h3-9H,1-2H3,(H,21,25);/q;+1/p-1. The van der Waals surface area contributed by atoms with Crippen LogP contribution in [-0.4, -0.2) is 26.2 Å². The Bertz CT molecular complexity index is 1150. The summed E-state index contributed by atoms with van der Waals surface area (Å²) in [6, 6.07) is 9.35. The van der Waals surface area contributed by atoms with Crippen molar-refractivity contribution in [1.82, 2.24) is 24.1 Å². The van der Waals surface area contributed by atoms with E-state index < -0.39 is 0 Å². The summed E-state index contributed by atoms with van der Waals surface area (Å²) in [4.78, 5) is 4.59. The number of aryl methyl sites for hydroxylation is 1. The molecule has 0 aliphatic carbocycles. The van der Waals surface area contributed by atoms with Crippen molar-refractivity contribution in [2.75, 3.05) is 7.11 Å². The number of aromatic nitrogens is 5. The Labute approximate surface area is 182 Å². The first kappa shape index (κ1) is 19.1. The second-order valence-corrected chi connectivity index (χ2v) is 6.33. The third kappa shape index (κ3) is 3.33. The predicted molar refractivity (Wildman–Crippen MR) is 98.2 cm³/mol. The van der Waals surface area contributed by atoms with E-state index in [-0.39, 0.29) is 29.6 Å². The molecule has 126 valence electrons. The van der Waals surface area contributed by atoms with E-state index in [1.807, 2.05) is 46.5 Å². The molecule has 4 aromatic rings. The van der Waals surface area contributed by atoms with Crippen LogP contribution in [0.15, 0.2) is 42.7 Å². The molecule has 0 aliphatic heterocycles. The Kier molecular flexibility index (Phi) is 5.55. The maximum Gasteiger partial charge on any atom is 1.00 e. The van der Waals surface area contributed by atoms with Crippen LogP contribution in [0.5, 0.6) is 5.75 Å². The van der Waals surface area contributed by atoms with Crippen molar-refractivity contribution in [2.24, 2.45) is 0 Å². The summed E-state index contributed by atoms with van der Waals surface area (Å²) < 4.78 is 9.33. The number of ether oxygens (including phenoxy) is 1. The van der Waals surface area contributed by atoms with Gasteiger partial charge in [0.15, 0.2) is 0 Å². The van der Waals surface area contributed by atoms with Crippen LogP contribution in [0.3, 0.4) is 0 Å². The molecule has 3 heterocycles. The summed E-state index contributed by atoms with van der Waals surface area (Å²) in [5, 5.41) is 8.92. The largest absolute Gasteiger partial charge is 1.00 e. The molecular formula is C17H13ClN5NaOS. The molecule has 0 saturated heterocycles. The Hall–Kier alpha value is -1.64. The third-order valence-corrected chi connectivity index (χ3v) is 4.43. The van der Waals surface area contributed by atoms with Crippen LogP contribution in [0, 0.1) is 11.7 Å². The molecule has 3 aromatic heterocycles. The average Bonchev–Trinajstić information content (AvgIpc) is 3.17. The molecule has 0 atom stereocenters. The summed E-state index contributed by atoms with van der Waals surface area (Å²) in [6.45, 7) is 1.99. The van der Waals surface area contributed by atoms with Gasteiger partial charge in [-0.1, -0.05) is 29.9 Å². The van der Waals surface area contributed by atoms with E-state index in [4.69, 9.17) is 28.6 Å². The van der Waals surface area contributed by atoms with Crippen molar-refractivity contribution in [3.8, 4) is 23.0 Å². The molecule has 0 amide bonds. The molecule has 9 heteroatoms. The van der Waals surface area contributed by atoms with Gasteiger partial charge < -0.3 is 18.8 Å². The van der Waals surface area contributed by atoms with Gasteiger partial charge in [0, 0.05) is 28.3 Å². The number of imidazole rings is 1. The molecule has 0 unspecified atom stereocenters. The number of benzene rings is 1. The fraction of sp³-hybridized carbons (Fsp3) is 0.118. The number of fused-ring (bicyclic) bond motifs is 1. The third-order valence-electron chi connectivity index (χ3n) is 3.93. The number of pyridine rings is 1. The summed E-state index contributed by atoms with van der Waals surface area (Å²) in [7, 11) is 1.64. The normalized spacial score (nSPS) is 10.7. The fourth-order valence-corrected chi connectivity index (χ4v) is 3.10. The maximum atomic E-state index is 6.04. The molecule has 6 nitrogen and oxygen atoms in total. The van der Waals surface area contributed by atoms with E-state index in [0.717, 1.165) is 22.6 Å². The summed E-state index contributed by atoms with van der Waals surface area (Å²) >= 11 is 11.4. The number of rotatable bonds is 3. The van der Waals surface area contributed by atoms with Gasteiger partial charge >= 0.3 is 29.6 Å². The van der Waals surface area contributed by atoms with Gasteiger partial charge in [-0.3, -0.25) is 5.10 Å². The van der Waals surface area contributed by atoms with Gasteiger partial charge in [-0.25, -0.2) is 4.98 Å². The summed E-state index contributed by atoms with van der Waals surface area (Å²) in [5.74, 6) is 1.36. The van der Waals surface area contributed by atoms with Crippen molar-refractivity contribution in [3.05, 3.63) is 58.1 Å². The van der Waals surface area contributed by atoms with E-state index in [2.05, 4.69) is 15.2 Å². The minimum absolute atomic E-state index is 0. The van der Waals surface area contributed by atoms with Gasteiger partial charge in [-0.15, -0.1) is 0 Å². The zero-order valence-corrected chi connectivity index (χ0v) is 18.0. The van der Waals surface area contributed by atoms with E-state index >= 15 is 0 Å². The zero-order valence-electron chi connectivity index (χ0n) is 14.5. The Morgan fingerprint density at radius 1 is 1.23 bits per heavy atom. The molecule has 0 saturated carbocycles. The van der Waals surface area contributed by atoms with Crippen LogP contribution >= 0.6 is 23.8 Å². The monoisotopic (exact) mass is 393 g/mol. The van der Waals surface area contributed by atoms with Gasteiger partial charge in [0.05, 0.1) is 12.9 Å². The maximum absolute atomic E-state index is 6.04. The van der Waals surface area contributed by atoms with E-state index in [9.17, 15) is 0 Å². The average molecular weight is 394 g/mol. The second-order valence-electron chi connectivity index (χ2n) is 5.53. The Morgan fingerprint density at radius 3 is 2.77 bits per heavy atom. The summed E-state index contributed by atoms with van der Waals surface area (Å²) in [5.41, 5.74) is 3.29. The second kappa shape index (κ2) is 7.54. The quantitative estimate of drug-likeness (QED) is 0.381. The van der Waals surface area contributed by atoms with Crippen molar-refractivity contribution in [3.63, 3.8) is 0 Å². The van der Waals surface area contributed by atoms with Gasteiger partial charge in [-0.05, 0) is 36.4 Å². The molecule has 1 aromatic carbocycles. The number of halogens is 1. The van der Waals surface area contributed by atoms with Crippen LogP contribution in [0.25, 0.3) is 22.9 Å². The van der Waals surface area contributed by atoms with Crippen molar-refractivity contribution < 1.29 is 34.3 Å². The van der Waals surface area contributed by atoms with Crippen molar-refractivity contribution in [2.45, 2.75) is 6.92 Å². The number of nitrogens with zero attached hydrogens (tertiary/aromatic N) is 5. The van der Waals surface area contributed by atoms with Gasteiger partial charge in [0.25, 0.3) is 0 Å². The van der Waals surface area contributed by atoms with Crippen LogP contribution in [-0.2, 0) is 0 Å². The van der Waals surface area contributed by atoms with Crippen LogP contribution in [0.1, 0.15) is 5.56 Å². The first-order valence-corrected chi connectivity index (χ1v) is 8.27.